The van der Waals surface area contributed by atoms with Gasteiger partial charge < -0.3 is 24.5 Å². The van der Waals surface area contributed by atoms with Gasteiger partial charge in [0, 0.05) is 33.9 Å². The van der Waals surface area contributed by atoms with E-state index in [-0.39, 0.29) is 28.4 Å². The molecule has 0 radical (unpaired) electrons. The smallest absolute Gasteiger partial charge is 0.343 e. The Morgan fingerprint density at radius 3 is 1.41 bits per heavy atom. The van der Waals surface area contributed by atoms with E-state index in [1.807, 2.05) is 109 Å². The second kappa shape index (κ2) is 15.7. The van der Waals surface area contributed by atoms with Crippen LogP contribution in [-0.2, 0) is 4.79 Å². The molecule has 0 fully saturated rings. The molecule has 54 heavy (non-hydrogen) atoms. The Hall–Kier alpha value is -7.03. The molecule has 7 aromatic rings. The number of Topliss-reactive ketones (excluding diaryl/α,β-unsaturated/α-hetero) is 1. The van der Waals surface area contributed by atoms with Crippen molar-refractivity contribution >= 4 is 23.8 Å². The highest BCUT2D eigenvalue weighted by molar-refractivity contribution is 5.99. The van der Waals surface area contributed by atoms with Gasteiger partial charge in [0.15, 0.2) is 5.78 Å². The van der Waals surface area contributed by atoms with Gasteiger partial charge in [0.25, 0.3) is 0 Å². The van der Waals surface area contributed by atoms with Crippen molar-refractivity contribution in [1.82, 2.24) is 9.97 Å². The first-order valence-electron chi connectivity index (χ1n) is 17.4. The lowest BCUT2D eigenvalue weighted by Crippen LogP contribution is -2.13. The van der Waals surface area contributed by atoms with E-state index >= 15 is 0 Å². The Balaban J connectivity index is 1.08. The summed E-state index contributed by atoms with van der Waals surface area (Å²) in [5.41, 5.74) is 8.70. The molecule has 0 aliphatic rings. The van der Waals surface area contributed by atoms with Crippen LogP contribution < -0.4 is 9.47 Å². The maximum absolute atomic E-state index is 13.4. The molecule has 5 aromatic carbocycles. The van der Waals surface area contributed by atoms with Gasteiger partial charge in [0.1, 0.15) is 11.5 Å². The quantitative estimate of drug-likeness (QED) is 0.0698. The summed E-state index contributed by atoms with van der Waals surface area (Å²) in [6, 6.07) is 46.5. The van der Waals surface area contributed by atoms with E-state index < -0.39 is 18.0 Å². The predicted molar refractivity (Wildman–Crippen MR) is 210 cm³/mol. The average Bonchev–Trinajstić information content (AvgIpc) is 3.90. The molecule has 1 unspecified atom stereocenters. The van der Waals surface area contributed by atoms with Gasteiger partial charge in [0.05, 0.1) is 17.2 Å². The minimum absolute atomic E-state index is 0.0938. The van der Waals surface area contributed by atoms with Crippen molar-refractivity contribution in [3.63, 3.8) is 0 Å². The van der Waals surface area contributed by atoms with Crippen molar-refractivity contribution in [3.05, 3.63) is 174 Å². The molecular weight excluding hydrogens is 677 g/mol. The molecule has 0 saturated heterocycles. The minimum atomic E-state index is -1.10. The molecule has 0 saturated carbocycles. The number of benzene rings is 5. The number of aliphatic hydroxyl groups is 1. The Morgan fingerprint density at radius 2 is 0.981 bits per heavy atom. The maximum Gasteiger partial charge on any atom is 0.343 e. The molecule has 0 aliphatic carbocycles. The zero-order chi connectivity index (χ0) is 37.6. The zero-order valence-corrected chi connectivity index (χ0v) is 29.6. The van der Waals surface area contributed by atoms with Crippen molar-refractivity contribution in [1.29, 1.82) is 0 Å². The first-order valence-corrected chi connectivity index (χ1v) is 17.4. The lowest BCUT2D eigenvalue weighted by atomic mass is 10.0. The summed E-state index contributed by atoms with van der Waals surface area (Å²) in [5.74, 6) is -1.32. The number of nitrogens with one attached hydrogen (secondary N) is 2. The van der Waals surface area contributed by atoms with E-state index in [1.165, 1.54) is 38.1 Å². The van der Waals surface area contributed by atoms with E-state index in [2.05, 4.69) is 9.97 Å². The first-order chi connectivity index (χ1) is 26.2. The van der Waals surface area contributed by atoms with E-state index in [1.54, 1.807) is 24.3 Å². The number of ether oxygens (including phenoxy) is 2. The molecule has 0 aliphatic heterocycles. The number of aromatic amines is 2. The van der Waals surface area contributed by atoms with E-state index in [4.69, 9.17) is 9.47 Å². The number of aliphatic hydroxyl groups excluding tert-OH is 1. The standard InChI is InChI=1S/C46H36N2O6/c1-29(49)39(30(2)50)28-37-27-38(53-45(51)35-17-13-33(14-18-35)42-24-22-40(47-42)31-9-5-3-6-10-31)21-26-44(37)54-46(52)36-19-15-34(16-20-36)43-25-23-41(48-43)32-11-7-4-8-12-32/h3-29,47-49H,1-2H3/b39-28-. The number of carbonyl (C=O) groups is 3. The van der Waals surface area contributed by atoms with E-state index in [0.29, 0.717) is 11.1 Å². The van der Waals surface area contributed by atoms with Crippen LogP contribution >= 0.6 is 0 Å². The third kappa shape index (κ3) is 8.04. The number of esters is 2. The van der Waals surface area contributed by atoms with Crippen molar-refractivity contribution in [2.45, 2.75) is 20.0 Å². The van der Waals surface area contributed by atoms with Gasteiger partial charge >= 0.3 is 11.9 Å². The summed E-state index contributed by atoms with van der Waals surface area (Å²) in [7, 11) is 0. The fourth-order valence-electron chi connectivity index (χ4n) is 6.08. The number of H-pyrrole nitrogens is 2. The molecule has 1 atom stereocenters. The van der Waals surface area contributed by atoms with Crippen LogP contribution in [0.15, 0.2) is 157 Å². The number of hydrogen-bond acceptors (Lipinski definition) is 6. The minimum Gasteiger partial charge on any atom is -0.423 e. The Kier molecular flexibility index (Phi) is 10.3. The Bertz CT molecular complexity index is 2460. The maximum atomic E-state index is 13.4. The predicted octanol–water partition coefficient (Wildman–Crippen LogP) is 9.80. The van der Waals surface area contributed by atoms with Gasteiger partial charge in [-0.3, -0.25) is 4.79 Å². The van der Waals surface area contributed by atoms with E-state index in [9.17, 15) is 19.5 Å². The van der Waals surface area contributed by atoms with Crippen LogP contribution in [0.1, 0.15) is 40.1 Å². The molecule has 0 bridgehead atoms. The summed E-state index contributed by atoms with van der Waals surface area (Å²) in [6.07, 6.45) is 0.336. The number of aromatic nitrogens is 2. The SMILES string of the molecule is CC(=O)/C(=C\c1cc(OC(=O)c2ccc(-c3ccc(-c4ccccc4)[nH]3)cc2)ccc1OC(=O)c1ccc(-c2ccc(-c3ccccc3)[nH]2)cc1)C(C)O. The lowest BCUT2D eigenvalue weighted by Gasteiger charge is -2.13. The molecule has 266 valence electrons. The Morgan fingerprint density at radius 1 is 0.556 bits per heavy atom. The van der Waals surface area contributed by atoms with Crippen molar-refractivity contribution < 1.29 is 29.0 Å². The highest BCUT2D eigenvalue weighted by atomic mass is 16.5. The number of rotatable bonds is 11. The van der Waals surface area contributed by atoms with Gasteiger partial charge in [-0.25, -0.2) is 9.59 Å². The first kappa shape index (κ1) is 35.4. The monoisotopic (exact) mass is 712 g/mol. The van der Waals surface area contributed by atoms with Crippen LogP contribution in [0.3, 0.4) is 0 Å². The molecule has 0 amide bonds. The van der Waals surface area contributed by atoms with Crippen LogP contribution in [0.4, 0.5) is 0 Å². The summed E-state index contributed by atoms with van der Waals surface area (Å²) >= 11 is 0. The van der Waals surface area contributed by atoms with Crippen molar-refractivity contribution in [2.75, 3.05) is 0 Å². The Labute approximate surface area is 312 Å². The fourth-order valence-corrected chi connectivity index (χ4v) is 6.08. The molecular formula is C46H36N2O6. The molecule has 7 rings (SSSR count). The molecule has 0 spiro atoms. The van der Waals surface area contributed by atoms with Gasteiger partial charge in [-0.2, -0.15) is 0 Å². The molecule has 2 aromatic heterocycles. The van der Waals surface area contributed by atoms with Crippen molar-refractivity contribution in [2.24, 2.45) is 0 Å². The number of carbonyl (C=O) groups excluding carboxylic acids is 3. The highest BCUT2D eigenvalue weighted by Gasteiger charge is 2.18. The average molecular weight is 713 g/mol. The molecule has 8 nitrogen and oxygen atoms in total. The van der Waals surface area contributed by atoms with Gasteiger partial charge in [0.2, 0.25) is 0 Å². The van der Waals surface area contributed by atoms with Crippen LogP contribution in [0.25, 0.3) is 51.1 Å². The number of hydrogen-bond donors (Lipinski definition) is 3. The zero-order valence-electron chi connectivity index (χ0n) is 29.6. The lowest BCUT2D eigenvalue weighted by molar-refractivity contribution is -0.114. The fraction of sp³-hybridized carbons (Fsp3) is 0.0652. The summed E-state index contributed by atoms with van der Waals surface area (Å²) in [4.78, 5) is 45.8. The van der Waals surface area contributed by atoms with Gasteiger partial charge in [-0.15, -0.1) is 0 Å². The molecule has 8 heteroatoms. The second-order valence-electron chi connectivity index (χ2n) is 12.8. The van der Waals surface area contributed by atoms with Crippen LogP contribution in [0.2, 0.25) is 0 Å². The van der Waals surface area contributed by atoms with Crippen LogP contribution in [-0.4, -0.2) is 38.9 Å². The third-order valence-corrected chi connectivity index (χ3v) is 8.97. The van der Waals surface area contributed by atoms with Crippen LogP contribution in [0.5, 0.6) is 11.5 Å². The van der Waals surface area contributed by atoms with Crippen molar-refractivity contribution in [3.8, 4) is 56.5 Å². The normalized spacial score (nSPS) is 11.9. The highest BCUT2D eigenvalue weighted by Crippen LogP contribution is 2.31. The number of ketones is 1. The van der Waals surface area contributed by atoms with Gasteiger partial charge in [-0.1, -0.05) is 84.9 Å². The van der Waals surface area contributed by atoms with E-state index in [0.717, 1.165) is 45.0 Å². The summed E-state index contributed by atoms with van der Waals surface area (Å²) in [5, 5.41) is 10.3. The largest absolute Gasteiger partial charge is 0.423 e. The molecule has 2 heterocycles. The van der Waals surface area contributed by atoms with Gasteiger partial charge in [-0.05, 0) is 109 Å². The molecule has 3 N–H and O–H groups in total. The third-order valence-electron chi connectivity index (χ3n) is 8.97. The topological polar surface area (TPSA) is 121 Å². The second-order valence-corrected chi connectivity index (χ2v) is 12.8. The summed E-state index contributed by atoms with van der Waals surface area (Å²) in [6.45, 7) is 2.80. The van der Waals surface area contributed by atoms with Crippen LogP contribution in [0, 0.1) is 0 Å². The summed E-state index contributed by atoms with van der Waals surface area (Å²) < 4.78 is 11.5.